The van der Waals surface area contributed by atoms with E-state index >= 15 is 0 Å². The molecule has 36 heavy (non-hydrogen) atoms. The standard InChI is InChI=1S/C27H28N2O6S/c1-33-24-16-19(17-25(34-2)27(24)35-3)11-14-26(30)28-21-12-13-23-20(18-21)8-7-15-29(23)36(31,32)22-9-5-4-6-10-22/h4-6,9-14,16-18H,7-8,15H2,1-3H3,(H,28,30)/b14-11+. The highest BCUT2D eigenvalue weighted by molar-refractivity contribution is 7.92. The first-order valence-electron chi connectivity index (χ1n) is 11.4. The predicted octanol–water partition coefficient (Wildman–Crippen LogP) is 4.51. The lowest BCUT2D eigenvalue weighted by Gasteiger charge is -2.30. The molecule has 0 unspecified atom stereocenters. The van der Waals surface area contributed by atoms with Gasteiger partial charge in [-0.3, -0.25) is 9.10 Å². The number of nitrogens with zero attached hydrogens (tertiary/aromatic N) is 1. The number of carbonyl (C=O) groups excluding carboxylic acids is 1. The van der Waals surface area contributed by atoms with E-state index in [0.717, 1.165) is 12.0 Å². The van der Waals surface area contributed by atoms with Gasteiger partial charge in [-0.2, -0.15) is 0 Å². The fourth-order valence-corrected chi connectivity index (χ4v) is 5.73. The zero-order chi connectivity index (χ0) is 25.7. The van der Waals surface area contributed by atoms with Gasteiger partial charge in [0.25, 0.3) is 10.0 Å². The number of anilines is 2. The monoisotopic (exact) mass is 508 g/mol. The first-order valence-corrected chi connectivity index (χ1v) is 12.8. The molecule has 9 heteroatoms. The van der Waals surface area contributed by atoms with Crippen LogP contribution in [0.5, 0.6) is 17.2 Å². The van der Waals surface area contributed by atoms with Crippen LogP contribution in [-0.4, -0.2) is 42.2 Å². The van der Waals surface area contributed by atoms with Crippen LogP contribution in [-0.2, 0) is 21.2 Å². The molecule has 1 aliphatic heterocycles. The van der Waals surface area contributed by atoms with Gasteiger partial charge in [0.2, 0.25) is 11.7 Å². The molecular weight excluding hydrogens is 480 g/mol. The number of rotatable bonds is 8. The second-order valence-electron chi connectivity index (χ2n) is 8.12. The van der Waals surface area contributed by atoms with Gasteiger partial charge in [0, 0.05) is 18.3 Å². The lowest BCUT2D eigenvalue weighted by Crippen LogP contribution is -2.35. The molecule has 0 aromatic heterocycles. The highest BCUT2D eigenvalue weighted by atomic mass is 32.2. The van der Waals surface area contributed by atoms with Gasteiger partial charge >= 0.3 is 0 Å². The Morgan fingerprint density at radius 1 is 0.944 bits per heavy atom. The summed E-state index contributed by atoms with van der Waals surface area (Å²) in [6, 6.07) is 17.2. The summed E-state index contributed by atoms with van der Waals surface area (Å²) in [6.07, 6.45) is 4.47. The average Bonchev–Trinajstić information content (AvgIpc) is 2.91. The van der Waals surface area contributed by atoms with Gasteiger partial charge in [0.15, 0.2) is 11.5 Å². The molecule has 1 heterocycles. The van der Waals surface area contributed by atoms with Crippen molar-refractivity contribution in [2.45, 2.75) is 17.7 Å². The number of amides is 1. The van der Waals surface area contributed by atoms with Crippen molar-refractivity contribution in [1.29, 1.82) is 0 Å². The molecule has 0 aliphatic carbocycles. The summed E-state index contributed by atoms with van der Waals surface area (Å²) in [4.78, 5) is 12.9. The minimum Gasteiger partial charge on any atom is -0.493 e. The maximum atomic E-state index is 13.2. The Kier molecular flexibility index (Phi) is 7.49. The number of aryl methyl sites for hydroxylation is 1. The van der Waals surface area contributed by atoms with Crippen LogP contribution in [0.3, 0.4) is 0 Å². The van der Waals surface area contributed by atoms with E-state index in [0.29, 0.717) is 47.2 Å². The molecule has 8 nitrogen and oxygen atoms in total. The Balaban J connectivity index is 1.52. The van der Waals surface area contributed by atoms with Crippen molar-refractivity contribution in [2.75, 3.05) is 37.5 Å². The van der Waals surface area contributed by atoms with Gasteiger partial charge in [0.1, 0.15) is 0 Å². The molecule has 3 aromatic rings. The molecule has 1 N–H and O–H groups in total. The molecule has 1 aliphatic rings. The fourth-order valence-electron chi connectivity index (χ4n) is 4.16. The number of hydrogen-bond acceptors (Lipinski definition) is 6. The first kappa shape index (κ1) is 25.1. The molecule has 0 spiro atoms. The van der Waals surface area contributed by atoms with Gasteiger partial charge in [-0.1, -0.05) is 18.2 Å². The molecule has 1 amide bonds. The lowest BCUT2D eigenvalue weighted by atomic mass is 10.0. The molecule has 0 atom stereocenters. The summed E-state index contributed by atoms with van der Waals surface area (Å²) >= 11 is 0. The molecule has 0 fully saturated rings. The zero-order valence-electron chi connectivity index (χ0n) is 20.4. The maximum absolute atomic E-state index is 13.2. The highest BCUT2D eigenvalue weighted by Gasteiger charge is 2.29. The number of carbonyl (C=O) groups is 1. The van der Waals surface area contributed by atoms with Crippen molar-refractivity contribution in [3.05, 3.63) is 77.9 Å². The topological polar surface area (TPSA) is 94.2 Å². The predicted molar refractivity (Wildman–Crippen MR) is 139 cm³/mol. The SMILES string of the molecule is COc1cc(/C=C/C(=O)Nc2ccc3c(c2)CCCN3S(=O)(=O)c2ccccc2)cc(OC)c1OC. The van der Waals surface area contributed by atoms with Crippen LogP contribution in [0.15, 0.2) is 71.6 Å². The van der Waals surface area contributed by atoms with Crippen molar-refractivity contribution in [1.82, 2.24) is 0 Å². The molecule has 4 rings (SSSR count). The quantitative estimate of drug-likeness (QED) is 0.450. The number of sulfonamides is 1. The molecule has 0 radical (unpaired) electrons. The summed E-state index contributed by atoms with van der Waals surface area (Å²) in [5, 5.41) is 2.85. The van der Waals surface area contributed by atoms with Gasteiger partial charge in [-0.15, -0.1) is 0 Å². The van der Waals surface area contributed by atoms with Crippen LogP contribution < -0.4 is 23.8 Å². The smallest absolute Gasteiger partial charge is 0.264 e. The number of ether oxygens (including phenoxy) is 3. The van der Waals surface area contributed by atoms with E-state index in [1.54, 1.807) is 60.7 Å². The number of hydrogen-bond donors (Lipinski definition) is 1. The Hall–Kier alpha value is -3.98. The molecule has 0 saturated carbocycles. The summed E-state index contributed by atoms with van der Waals surface area (Å²) in [5.74, 6) is 1.12. The van der Waals surface area contributed by atoms with Crippen LogP contribution in [0.4, 0.5) is 11.4 Å². The molecule has 188 valence electrons. The Bertz CT molecular complexity index is 1360. The second kappa shape index (κ2) is 10.7. The Morgan fingerprint density at radius 2 is 1.64 bits per heavy atom. The zero-order valence-corrected chi connectivity index (χ0v) is 21.2. The fraction of sp³-hybridized carbons (Fsp3) is 0.222. The average molecular weight is 509 g/mol. The van der Waals surface area contributed by atoms with Gasteiger partial charge in [0.05, 0.1) is 31.9 Å². The van der Waals surface area contributed by atoms with Crippen LogP contribution >= 0.6 is 0 Å². The van der Waals surface area contributed by atoms with Crippen LogP contribution in [0.1, 0.15) is 17.5 Å². The molecule has 0 bridgehead atoms. The van der Waals surface area contributed by atoms with Crippen LogP contribution in [0, 0.1) is 0 Å². The van der Waals surface area contributed by atoms with Crippen molar-refractivity contribution >= 4 is 33.4 Å². The van der Waals surface area contributed by atoms with E-state index in [1.807, 2.05) is 6.07 Å². The van der Waals surface area contributed by atoms with Crippen molar-refractivity contribution in [3.8, 4) is 17.2 Å². The van der Waals surface area contributed by atoms with E-state index < -0.39 is 10.0 Å². The summed E-state index contributed by atoms with van der Waals surface area (Å²) < 4.78 is 43.8. The van der Waals surface area contributed by atoms with E-state index in [1.165, 1.54) is 31.7 Å². The number of fused-ring (bicyclic) bond motifs is 1. The highest BCUT2D eigenvalue weighted by Crippen LogP contribution is 2.38. The first-order chi connectivity index (χ1) is 17.4. The lowest BCUT2D eigenvalue weighted by molar-refractivity contribution is -0.111. The van der Waals surface area contributed by atoms with E-state index in [4.69, 9.17) is 14.2 Å². The molecule has 3 aromatic carbocycles. The van der Waals surface area contributed by atoms with E-state index in [2.05, 4.69) is 5.32 Å². The number of benzene rings is 3. The second-order valence-corrected chi connectivity index (χ2v) is 9.98. The van der Waals surface area contributed by atoms with Gasteiger partial charge in [-0.05, 0) is 72.5 Å². The third kappa shape index (κ3) is 5.16. The number of nitrogens with one attached hydrogen (secondary N) is 1. The van der Waals surface area contributed by atoms with E-state index in [9.17, 15) is 13.2 Å². The van der Waals surface area contributed by atoms with Crippen molar-refractivity contribution < 1.29 is 27.4 Å². The van der Waals surface area contributed by atoms with Crippen LogP contribution in [0.25, 0.3) is 6.08 Å². The molecular formula is C27H28N2O6S. The Labute approximate surface area is 211 Å². The van der Waals surface area contributed by atoms with E-state index in [-0.39, 0.29) is 10.8 Å². The molecule has 0 saturated heterocycles. The summed E-state index contributed by atoms with van der Waals surface area (Å²) in [6.45, 7) is 0.410. The van der Waals surface area contributed by atoms with Gasteiger partial charge < -0.3 is 19.5 Å². The third-order valence-corrected chi connectivity index (χ3v) is 7.70. The Morgan fingerprint density at radius 3 is 2.28 bits per heavy atom. The minimum atomic E-state index is -3.66. The minimum absolute atomic E-state index is 0.257. The normalized spacial score (nSPS) is 13.2. The van der Waals surface area contributed by atoms with Gasteiger partial charge in [-0.25, -0.2) is 8.42 Å². The third-order valence-electron chi connectivity index (χ3n) is 5.87. The van der Waals surface area contributed by atoms with Crippen LogP contribution in [0.2, 0.25) is 0 Å². The largest absolute Gasteiger partial charge is 0.493 e. The van der Waals surface area contributed by atoms with Crippen molar-refractivity contribution in [2.24, 2.45) is 0 Å². The maximum Gasteiger partial charge on any atom is 0.264 e. The number of methoxy groups -OCH3 is 3. The summed E-state index contributed by atoms with van der Waals surface area (Å²) in [5.41, 5.74) is 2.79. The summed E-state index contributed by atoms with van der Waals surface area (Å²) in [7, 11) is 0.919. The van der Waals surface area contributed by atoms with Crippen molar-refractivity contribution in [3.63, 3.8) is 0 Å².